The summed E-state index contributed by atoms with van der Waals surface area (Å²) < 4.78 is 5.56. The SMILES string of the molecule is Cc1ccc(OCC(=O)NCc2ccc(N3CCCC3)cc2)cc1C. The molecule has 4 nitrogen and oxygen atoms in total. The fourth-order valence-electron chi connectivity index (χ4n) is 3.00. The van der Waals surface area contributed by atoms with Crippen molar-refractivity contribution in [3.8, 4) is 5.75 Å². The molecule has 0 atom stereocenters. The first kappa shape index (κ1) is 17.3. The van der Waals surface area contributed by atoms with Gasteiger partial charge in [0, 0.05) is 25.3 Å². The molecule has 1 saturated heterocycles. The van der Waals surface area contributed by atoms with Crippen LogP contribution in [0.3, 0.4) is 0 Å². The van der Waals surface area contributed by atoms with Crippen LogP contribution in [0.2, 0.25) is 0 Å². The van der Waals surface area contributed by atoms with E-state index in [0.717, 1.165) is 30.0 Å². The molecule has 25 heavy (non-hydrogen) atoms. The number of aryl methyl sites for hydroxylation is 2. The topological polar surface area (TPSA) is 41.6 Å². The minimum absolute atomic E-state index is 0.0361. The summed E-state index contributed by atoms with van der Waals surface area (Å²) in [5.74, 6) is 0.620. The van der Waals surface area contributed by atoms with Gasteiger partial charge >= 0.3 is 0 Å². The van der Waals surface area contributed by atoms with E-state index in [-0.39, 0.29) is 12.5 Å². The number of nitrogens with zero attached hydrogens (tertiary/aromatic N) is 1. The number of hydrogen-bond donors (Lipinski definition) is 1. The lowest BCUT2D eigenvalue weighted by Crippen LogP contribution is -2.28. The molecule has 0 unspecified atom stereocenters. The fourth-order valence-corrected chi connectivity index (χ4v) is 3.00. The van der Waals surface area contributed by atoms with Crippen molar-refractivity contribution in [2.24, 2.45) is 0 Å². The van der Waals surface area contributed by atoms with E-state index in [1.165, 1.54) is 24.1 Å². The molecule has 1 heterocycles. The van der Waals surface area contributed by atoms with E-state index in [2.05, 4.69) is 41.4 Å². The highest BCUT2D eigenvalue weighted by Crippen LogP contribution is 2.20. The monoisotopic (exact) mass is 338 g/mol. The summed E-state index contributed by atoms with van der Waals surface area (Å²) in [7, 11) is 0. The molecule has 3 rings (SSSR count). The van der Waals surface area contributed by atoms with E-state index in [1.54, 1.807) is 0 Å². The van der Waals surface area contributed by atoms with Gasteiger partial charge in [-0.15, -0.1) is 0 Å². The molecule has 1 aliphatic heterocycles. The molecular formula is C21H26N2O2. The number of carbonyl (C=O) groups excluding carboxylic acids is 1. The lowest BCUT2D eigenvalue weighted by atomic mass is 10.1. The molecule has 0 bridgehead atoms. The van der Waals surface area contributed by atoms with Crippen LogP contribution in [0.15, 0.2) is 42.5 Å². The summed E-state index contributed by atoms with van der Waals surface area (Å²) in [4.78, 5) is 14.4. The highest BCUT2D eigenvalue weighted by atomic mass is 16.5. The molecule has 1 aliphatic rings. The van der Waals surface area contributed by atoms with Gasteiger partial charge < -0.3 is 15.0 Å². The highest BCUT2D eigenvalue weighted by molar-refractivity contribution is 5.77. The third-order valence-corrected chi connectivity index (χ3v) is 4.75. The number of hydrogen-bond acceptors (Lipinski definition) is 3. The second-order valence-corrected chi connectivity index (χ2v) is 6.67. The van der Waals surface area contributed by atoms with Crippen molar-refractivity contribution >= 4 is 11.6 Å². The molecule has 0 spiro atoms. The second kappa shape index (κ2) is 8.06. The number of rotatable bonds is 6. The van der Waals surface area contributed by atoms with Gasteiger partial charge in [-0.1, -0.05) is 18.2 Å². The van der Waals surface area contributed by atoms with E-state index < -0.39 is 0 Å². The molecule has 0 saturated carbocycles. The zero-order valence-electron chi connectivity index (χ0n) is 15.0. The third kappa shape index (κ3) is 4.75. The van der Waals surface area contributed by atoms with E-state index in [1.807, 2.05) is 25.1 Å². The minimum atomic E-state index is -0.109. The standard InChI is InChI=1S/C21H26N2O2/c1-16-5-10-20(13-17(16)2)25-15-21(24)22-14-18-6-8-19(9-7-18)23-11-3-4-12-23/h5-10,13H,3-4,11-12,14-15H2,1-2H3,(H,22,24). The zero-order valence-corrected chi connectivity index (χ0v) is 15.0. The molecule has 0 aromatic heterocycles. The fraction of sp³-hybridized carbons (Fsp3) is 0.381. The van der Waals surface area contributed by atoms with Gasteiger partial charge in [0.2, 0.25) is 0 Å². The Balaban J connectivity index is 1.44. The third-order valence-electron chi connectivity index (χ3n) is 4.75. The van der Waals surface area contributed by atoms with Crippen molar-refractivity contribution in [3.63, 3.8) is 0 Å². The molecule has 1 fully saturated rings. The van der Waals surface area contributed by atoms with E-state index in [4.69, 9.17) is 4.74 Å². The minimum Gasteiger partial charge on any atom is -0.484 e. The van der Waals surface area contributed by atoms with E-state index >= 15 is 0 Å². The van der Waals surface area contributed by atoms with Gasteiger partial charge in [-0.05, 0) is 67.6 Å². The van der Waals surface area contributed by atoms with Crippen molar-refractivity contribution in [2.75, 3.05) is 24.6 Å². The van der Waals surface area contributed by atoms with Crippen LogP contribution in [0.25, 0.3) is 0 Å². The summed E-state index contributed by atoms with van der Waals surface area (Å²) in [6.45, 7) is 6.94. The van der Waals surface area contributed by atoms with Crippen molar-refractivity contribution in [1.29, 1.82) is 0 Å². The van der Waals surface area contributed by atoms with Crippen LogP contribution in [0.1, 0.15) is 29.5 Å². The molecule has 1 N–H and O–H groups in total. The maximum atomic E-state index is 12.0. The van der Waals surface area contributed by atoms with Gasteiger partial charge in [-0.3, -0.25) is 4.79 Å². The number of nitrogens with one attached hydrogen (secondary N) is 1. The lowest BCUT2D eigenvalue weighted by molar-refractivity contribution is -0.123. The van der Waals surface area contributed by atoms with Gasteiger partial charge in [0.25, 0.3) is 5.91 Å². The average Bonchev–Trinajstić information content (AvgIpc) is 3.16. The number of carbonyl (C=O) groups is 1. The molecule has 1 amide bonds. The van der Waals surface area contributed by atoms with Crippen LogP contribution in [0.5, 0.6) is 5.75 Å². The highest BCUT2D eigenvalue weighted by Gasteiger charge is 2.11. The number of benzene rings is 2. The predicted molar refractivity (Wildman–Crippen MR) is 101 cm³/mol. The quantitative estimate of drug-likeness (QED) is 0.875. The lowest BCUT2D eigenvalue weighted by Gasteiger charge is -2.17. The first-order valence-electron chi connectivity index (χ1n) is 8.92. The van der Waals surface area contributed by atoms with Gasteiger partial charge in [-0.25, -0.2) is 0 Å². The molecule has 0 aliphatic carbocycles. The Morgan fingerprint density at radius 1 is 1.04 bits per heavy atom. The Hall–Kier alpha value is -2.49. The Morgan fingerprint density at radius 2 is 1.76 bits per heavy atom. The zero-order chi connectivity index (χ0) is 17.6. The molecule has 4 heteroatoms. The van der Waals surface area contributed by atoms with Gasteiger partial charge in [-0.2, -0.15) is 0 Å². The van der Waals surface area contributed by atoms with Crippen LogP contribution in [-0.2, 0) is 11.3 Å². The average molecular weight is 338 g/mol. The molecule has 132 valence electrons. The maximum Gasteiger partial charge on any atom is 0.258 e. The molecule has 0 radical (unpaired) electrons. The first-order valence-corrected chi connectivity index (χ1v) is 8.92. The smallest absolute Gasteiger partial charge is 0.258 e. The number of ether oxygens (including phenoxy) is 1. The largest absolute Gasteiger partial charge is 0.484 e. The molecule has 2 aromatic carbocycles. The van der Waals surface area contributed by atoms with Crippen molar-refractivity contribution < 1.29 is 9.53 Å². The summed E-state index contributed by atoms with van der Waals surface area (Å²) in [6, 6.07) is 14.3. The Morgan fingerprint density at radius 3 is 2.44 bits per heavy atom. The summed E-state index contributed by atoms with van der Waals surface area (Å²) in [6.07, 6.45) is 2.55. The van der Waals surface area contributed by atoms with Crippen LogP contribution in [-0.4, -0.2) is 25.6 Å². The van der Waals surface area contributed by atoms with Crippen LogP contribution in [0.4, 0.5) is 5.69 Å². The van der Waals surface area contributed by atoms with Gasteiger partial charge in [0.05, 0.1) is 0 Å². The Labute approximate surface area is 149 Å². The predicted octanol–water partition coefficient (Wildman–Crippen LogP) is 3.60. The Kier molecular flexibility index (Phi) is 5.59. The Bertz CT molecular complexity index is 719. The maximum absolute atomic E-state index is 12.0. The van der Waals surface area contributed by atoms with Crippen LogP contribution < -0.4 is 15.0 Å². The summed E-state index contributed by atoms with van der Waals surface area (Å²) >= 11 is 0. The van der Waals surface area contributed by atoms with E-state index in [0.29, 0.717) is 6.54 Å². The van der Waals surface area contributed by atoms with Crippen molar-refractivity contribution in [3.05, 3.63) is 59.2 Å². The van der Waals surface area contributed by atoms with E-state index in [9.17, 15) is 4.79 Å². The molecular weight excluding hydrogens is 312 g/mol. The van der Waals surface area contributed by atoms with Crippen molar-refractivity contribution in [1.82, 2.24) is 5.32 Å². The van der Waals surface area contributed by atoms with Crippen LogP contribution >= 0.6 is 0 Å². The van der Waals surface area contributed by atoms with Crippen molar-refractivity contribution in [2.45, 2.75) is 33.2 Å². The summed E-state index contributed by atoms with van der Waals surface area (Å²) in [5, 5.41) is 2.91. The normalized spacial score (nSPS) is 13.8. The number of anilines is 1. The van der Waals surface area contributed by atoms with Crippen LogP contribution in [0, 0.1) is 13.8 Å². The second-order valence-electron chi connectivity index (χ2n) is 6.67. The number of amides is 1. The van der Waals surface area contributed by atoms with Gasteiger partial charge in [0.1, 0.15) is 5.75 Å². The first-order chi connectivity index (χ1) is 12.1. The molecule has 2 aromatic rings. The van der Waals surface area contributed by atoms with Gasteiger partial charge in [0.15, 0.2) is 6.61 Å². The summed E-state index contributed by atoms with van der Waals surface area (Å²) in [5.41, 5.74) is 4.75.